The number of fused-ring (bicyclic) bond motifs is 4. The van der Waals surface area contributed by atoms with Crippen LogP contribution in [0, 0.1) is 0 Å². The lowest BCUT2D eigenvalue weighted by atomic mass is 9.82. The van der Waals surface area contributed by atoms with Gasteiger partial charge < -0.3 is 5.32 Å². The molecule has 3 nitrogen and oxygen atoms in total. The molecule has 0 fully saturated rings. The molecular weight excluding hydrogens is 811 g/mol. The molecule has 1 N–H and O–H groups in total. The van der Waals surface area contributed by atoms with E-state index in [1.807, 2.05) is 24.3 Å². The Morgan fingerprint density at radius 2 is 0.761 bits per heavy atom. The summed E-state index contributed by atoms with van der Waals surface area (Å²) in [5.74, 6) is 1.51. The van der Waals surface area contributed by atoms with E-state index >= 15 is 0 Å². The number of amidine groups is 2. The van der Waals surface area contributed by atoms with Crippen molar-refractivity contribution in [3.05, 3.63) is 264 Å². The molecule has 0 radical (unpaired) electrons. The van der Waals surface area contributed by atoms with Crippen molar-refractivity contribution in [1.29, 1.82) is 0 Å². The highest BCUT2D eigenvalue weighted by Crippen LogP contribution is 2.52. The maximum Gasteiger partial charge on any atom is 0.159 e. The van der Waals surface area contributed by atoms with Crippen LogP contribution in [0.15, 0.2) is 247 Å². The molecule has 1 aliphatic carbocycles. The number of rotatable bonds is 8. The monoisotopic (exact) mass is 857 g/mol. The number of hydrogen-bond donors (Lipinski definition) is 1. The Hall–Kier alpha value is -8.40. The van der Waals surface area contributed by atoms with E-state index in [0.717, 1.165) is 28.1 Å². The van der Waals surface area contributed by atoms with E-state index in [4.69, 9.17) is 9.98 Å². The van der Waals surface area contributed by atoms with Crippen molar-refractivity contribution in [1.82, 2.24) is 5.32 Å². The highest BCUT2D eigenvalue weighted by atomic mass is 15.2. The molecule has 12 rings (SSSR count). The molecule has 1 heterocycles. The third kappa shape index (κ3) is 7.26. The molecule has 0 saturated heterocycles. The van der Waals surface area contributed by atoms with Crippen molar-refractivity contribution >= 4 is 22.4 Å². The Balaban J connectivity index is 0.814. The molecule has 318 valence electrons. The standard InChI is InChI=1S/C64H47N3/c1-64(2)58-24-10-9-18-57(58)60-54(21-13-25-59(60)64)48-34-28-45(29-35-48)44-26-32-46(33-27-44)52-19-11-23-56-53(20-12-22-55(52)56)47-36-40-51(41-37-47)63-66-61(49-16-7-4-8-17-49)65-62(67-63)50-38-30-43(31-39-50)42-14-5-3-6-15-42/h3-41,62H,1-2H3,(H,65,66,67). The SMILES string of the molecule is CC1(C)c2ccccc2-c2c(-c3ccc(-c4ccc(-c5cccc6c(-c7ccc(C8=NC(c9ccc(-c%10ccccc%10)cc9)NC(c9ccccc9)=N8)cc7)cccc56)cc4)cc3)cccc21. The predicted octanol–water partition coefficient (Wildman–Crippen LogP) is 16.0. The lowest BCUT2D eigenvalue weighted by Crippen LogP contribution is -2.33. The van der Waals surface area contributed by atoms with Crippen molar-refractivity contribution < 1.29 is 0 Å². The molecule has 0 amide bonds. The maximum atomic E-state index is 5.18. The molecule has 1 atom stereocenters. The van der Waals surface area contributed by atoms with Gasteiger partial charge in [-0.25, -0.2) is 9.98 Å². The van der Waals surface area contributed by atoms with E-state index < -0.39 is 0 Å². The Bertz CT molecular complexity index is 3510. The summed E-state index contributed by atoms with van der Waals surface area (Å²) in [6.07, 6.45) is -0.286. The van der Waals surface area contributed by atoms with Crippen molar-refractivity contribution in [2.24, 2.45) is 9.98 Å². The fraction of sp³-hybridized carbons (Fsp3) is 0.0625. The Morgan fingerprint density at radius 3 is 1.36 bits per heavy atom. The van der Waals surface area contributed by atoms with E-state index in [-0.39, 0.29) is 11.6 Å². The Labute approximate surface area is 392 Å². The second-order valence-electron chi connectivity index (χ2n) is 18.2. The van der Waals surface area contributed by atoms with Crippen molar-refractivity contribution in [2.75, 3.05) is 0 Å². The lowest BCUT2D eigenvalue weighted by molar-refractivity contribution is 0.660. The normalized spacial score (nSPS) is 14.7. The molecule has 3 heteroatoms. The summed E-state index contributed by atoms with van der Waals surface area (Å²) in [7, 11) is 0. The highest BCUT2D eigenvalue weighted by Gasteiger charge is 2.36. The van der Waals surface area contributed by atoms with Crippen LogP contribution < -0.4 is 5.32 Å². The zero-order valence-corrected chi connectivity index (χ0v) is 37.5. The van der Waals surface area contributed by atoms with E-state index in [1.165, 1.54) is 83.1 Å². The van der Waals surface area contributed by atoms with E-state index in [9.17, 15) is 0 Å². The minimum atomic E-state index is -0.286. The second-order valence-corrected chi connectivity index (χ2v) is 18.2. The third-order valence-electron chi connectivity index (χ3n) is 13.8. The Kier molecular flexibility index (Phi) is 9.91. The van der Waals surface area contributed by atoms with E-state index in [0.29, 0.717) is 5.84 Å². The Morgan fingerprint density at radius 1 is 0.343 bits per heavy atom. The van der Waals surface area contributed by atoms with Gasteiger partial charge >= 0.3 is 0 Å². The first-order chi connectivity index (χ1) is 33.0. The molecule has 1 unspecified atom stereocenters. The van der Waals surface area contributed by atoms with Gasteiger partial charge in [0.25, 0.3) is 0 Å². The van der Waals surface area contributed by atoms with Crippen LogP contribution in [0.2, 0.25) is 0 Å². The first-order valence-corrected chi connectivity index (χ1v) is 23.2. The average molecular weight is 858 g/mol. The minimum absolute atomic E-state index is 0.0168. The topological polar surface area (TPSA) is 36.8 Å². The quantitative estimate of drug-likeness (QED) is 0.162. The van der Waals surface area contributed by atoms with Gasteiger partial charge in [0.15, 0.2) is 5.84 Å². The summed E-state index contributed by atoms with van der Waals surface area (Å²) in [4.78, 5) is 10.3. The van der Waals surface area contributed by atoms with Gasteiger partial charge in [-0.15, -0.1) is 0 Å². The second kappa shape index (κ2) is 16.5. The van der Waals surface area contributed by atoms with E-state index in [1.54, 1.807) is 0 Å². The smallest absolute Gasteiger partial charge is 0.159 e. The van der Waals surface area contributed by atoms with Crippen LogP contribution in [0.3, 0.4) is 0 Å². The molecule has 10 aromatic carbocycles. The lowest BCUT2D eigenvalue weighted by Gasteiger charge is -2.24. The summed E-state index contributed by atoms with van der Waals surface area (Å²) >= 11 is 0. The number of aliphatic imine (C=N–C) groups is 2. The summed E-state index contributed by atoms with van der Waals surface area (Å²) in [6, 6.07) is 85.2. The summed E-state index contributed by atoms with van der Waals surface area (Å²) in [5.41, 5.74) is 20.6. The highest BCUT2D eigenvalue weighted by molar-refractivity contribution is 6.13. The molecule has 67 heavy (non-hydrogen) atoms. The van der Waals surface area contributed by atoms with Crippen molar-refractivity contribution in [3.8, 4) is 66.8 Å². The van der Waals surface area contributed by atoms with Crippen LogP contribution in [0.1, 0.15) is 47.8 Å². The zero-order valence-electron chi connectivity index (χ0n) is 37.5. The largest absolute Gasteiger partial charge is 0.344 e. The van der Waals surface area contributed by atoms with Gasteiger partial charge in [-0.1, -0.05) is 250 Å². The fourth-order valence-electron chi connectivity index (χ4n) is 10.3. The van der Waals surface area contributed by atoms with E-state index in [2.05, 4.69) is 231 Å². The first-order valence-electron chi connectivity index (χ1n) is 23.2. The molecular formula is C64H47N3. The van der Waals surface area contributed by atoms with Gasteiger partial charge in [0.2, 0.25) is 0 Å². The minimum Gasteiger partial charge on any atom is -0.344 e. The van der Waals surface area contributed by atoms with Gasteiger partial charge in [0.05, 0.1) is 0 Å². The molecule has 1 aliphatic heterocycles. The van der Waals surface area contributed by atoms with Crippen molar-refractivity contribution in [2.45, 2.75) is 25.4 Å². The van der Waals surface area contributed by atoms with Crippen LogP contribution in [-0.4, -0.2) is 11.7 Å². The number of nitrogens with one attached hydrogen (secondary N) is 1. The summed E-state index contributed by atoms with van der Waals surface area (Å²) < 4.78 is 0. The van der Waals surface area contributed by atoms with Gasteiger partial charge in [-0.3, -0.25) is 0 Å². The maximum absolute atomic E-state index is 5.18. The number of benzene rings is 10. The van der Waals surface area contributed by atoms with Gasteiger partial charge in [-0.05, 0) is 94.2 Å². The molecule has 2 aliphatic rings. The van der Waals surface area contributed by atoms with Crippen LogP contribution in [0.4, 0.5) is 0 Å². The van der Waals surface area contributed by atoms with Crippen molar-refractivity contribution in [3.63, 3.8) is 0 Å². The third-order valence-corrected chi connectivity index (χ3v) is 13.8. The zero-order chi connectivity index (χ0) is 44.9. The molecule has 0 aromatic heterocycles. The summed E-state index contributed by atoms with van der Waals surface area (Å²) in [5, 5.41) is 6.05. The van der Waals surface area contributed by atoms with Gasteiger partial charge in [-0.2, -0.15) is 0 Å². The predicted molar refractivity (Wildman–Crippen MR) is 281 cm³/mol. The molecule has 0 spiro atoms. The van der Waals surface area contributed by atoms with Crippen LogP contribution in [-0.2, 0) is 5.41 Å². The van der Waals surface area contributed by atoms with Crippen LogP contribution in [0.25, 0.3) is 77.5 Å². The summed E-state index contributed by atoms with van der Waals surface area (Å²) in [6.45, 7) is 4.68. The average Bonchev–Trinajstić information content (AvgIpc) is 3.64. The van der Waals surface area contributed by atoms with Gasteiger partial charge in [0, 0.05) is 16.5 Å². The van der Waals surface area contributed by atoms with Gasteiger partial charge in [0.1, 0.15) is 12.0 Å². The fourth-order valence-corrected chi connectivity index (χ4v) is 10.3. The van der Waals surface area contributed by atoms with Crippen LogP contribution in [0.5, 0.6) is 0 Å². The molecule has 0 bridgehead atoms. The molecule has 10 aromatic rings. The first kappa shape index (κ1) is 40.1. The number of nitrogens with zero attached hydrogens (tertiary/aromatic N) is 2. The number of hydrogen-bond acceptors (Lipinski definition) is 3. The van der Waals surface area contributed by atoms with Crippen LogP contribution >= 0.6 is 0 Å². The molecule has 0 saturated carbocycles.